The van der Waals surface area contributed by atoms with E-state index in [9.17, 15) is 4.79 Å². The van der Waals surface area contributed by atoms with Crippen LogP contribution in [0.4, 0.5) is 10.5 Å². The van der Waals surface area contributed by atoms with Gasteiger partial charge in [0.25, 0.3) is 0 Å². The van der Waals surface area contributed by atoms with Crippen LogP contribution in [0.25, 0.3) is 0 Å². The number of anilines is 1. The van der Waals surface area contributed by atoms with E-state index in [4.69, 9.17) is 10.4 Å². The van der Waals surface area contributed by atoms with Crippen LogP contribution in [0.1, 0.15) is 31.4 Å². The minimum atomic E-state index is -0.971. The molecule has 3 N–H and O–H groups in total. The van der Waals surface area contributed by atoms with Gasteiger partial charge in [-0.15, -0.1) is 0 Å². The standard InChI is InChI=1S/C13H16N4O2/c14-8-12-7-11(4-5-15-12)16-9-2-1-3-10(6-9)17-13(18)19/h4-5,7,9-10,17H,1-3,6H2,(H,15,16)(H,18,19)/t9-,10+/m0/s1. The van der Waals surface area contributed by atoms with Gasteiger partial charge in [-0.3, -0.25) is 0 Å². The topological polar surface area (TPSA) is 98.0 Å². The second-order valence-electron chi connectivity index (χ2n) is 4.70. The molecule has 0 aliphatic heterocycles. The van der Waals surface area contributed by atoms with Crippen molar-refractivity contribution in [1.82, 2.24) is 10.3 Å². The molecule has 1 amide bonds. The number of rotatable bonds is 3. The van der Waals surface area contributed by atoms with Crippen LogP contribution in [0.5, 0.6) is 0 Å². The Morgan fingerprint density at radius 1 is 1.47 bits per heavy atom. The van der Waals surface area contributed by atoms with E-state index in [1.165, 1.54) is 0 Å². The van der Waals surface area contributed by atoms with Crippen molar-refractivity contribution in [2.24, 2.45) is 0 Å². The average Bonchev–Trinajstić information content (AvgIpc) is 2.38. The van der Waals surface area contributed by atoms with Crippen LogP contribution in [0.15, 0.2) is 18.3 Å². The Kier molecular flexibility index (Phi) is 4.18. The van der Waals surface area contributed by atoms with Gasteiger partial charge in [-0.25, -0.2) is 9.78 Å². The van der Waals surface area contributed by atoms with Crippen molar-refractivity contribution in [3.63, 3.8) is 0 Å². The third-order valence-electron chi connectivity index (χ3n) is 3.25. The summed E-state index contributed by atoms with van der Waals surface area (Å²) in [5.41, 5.74) is 1.23. The molecule has 100 valence electrons. The quantitative estimate of drug-likeness (QED) is 0.771. The molecule has 2 rings (SSSR count). The summed E-state index contributed by atoms with van der Waals surface area (Å²) in [5, 5.41) is 23.4. The molecule has 0 aromatic carbocycles. The highest BCUT2D eigenvalue weighted by Crippen LogP contribution is 2.22. The summed E-state index contributed by atoms with van der Waals surface area (Å²) in [6.07, 6.45) is 4.25. The van der Waals surface area contributed by atoms with Gasteiger partial charge in [-0.05, 0) is 37.8 Å². The number of carboxylic acid groups (broad SMARTS) is 1. The molecule has 0 bridgehead atoms. The summed E-state index contributed by atoms with van der Waals surface area (Å²) < 4.78 is 0. The molecule has 1 aliphatic rings. The van der Waals surface area contributed by atoms with E-state index in [1.807, 2.05) is 12.1 Å². The molecule has 6 nitrogen and oxygen atoms in total. The third kappa shape index (κ3) is 3.85. The van der Waals surface area contributed by atoms with Crippen molar-refractivity contribution < 1.29 is 9.90 Å². The molecule has 0 unspecified atom stereocenters. The first-order valence-electron chi connectivity index (χ1n) is 6.29. The lowest BCUT2D eigenvalue weighted by Gasteiger charge is -2.30. The molecule has 6 heteroatoms. The SMILES string of the molecule is N#Cc1cc(N[C@H]2CCC[C@@H](NC(=O)O)C2)ccn1. The van der Waals surface area contributed by atoms with E-state index >= 15 is 0 Å². The first kappa shape index (κ1) is 13.1. The minimum Gasteiger partial charge on any atom is -0.465 e. The van der Waals surface area contributed by atoms with Gasteiger partial charge in [0.2, 0.25) is 0 Å². The molecular weight excluding hydrogens is 244 g/mol. The van der Waals surface area contributed by atoms with Crippen molar-refractivity contribution in [3.05, 3.63) is 24.0 Å². The van der Waals surface area contributed by atoms with Gasteiger partial charge in [0.15, 0.2) is 0 Å². The first-order valence-corrected chi connectivity index (χ1v) is 6.29. The molecule has 0 radical (unpaired) electrons. The fourth-order valence-electron chi connectivity index (χ4n) is 2.44. The predicted octanol–water partition coefficient (Wildman–Crippen LogP) is 1.94. The van der Waals surface area contributed by atoms with Crippen LogP contribution in [-0.4, -0.2) is 28.3 Å². The smallest absolute Gasteiger partial charge is 0.404 e. The van der Waals surface area contributed by atoms with Crippen molar-refractivity contribution >= 4 is 11.8 Å². The number of nitriles is 1. The van der Waals surface area contributed by atoms with Crippen LogP contribution < -0.4 is 10.6 Å². The van der Waals surface area contributed by atoms with E-state index < -0.39 is 6.09 Å². The normalized spacial score (nSPS) is 22.3. The number of pyridine rings is 1. The molecule has 2 atom stereocenters. The van der Waals surface area contributed by atoms with E-state index in [0.29, 0.717) is 5.69 Å². The molecule has 1 fully saturated rings. The maximum Gasteiger partial charge on any atom is 0.404 e. The summed E-state index contributed by atoms with van der Waals surface area (Å²) in [6.45, 7) is 0. The maximum absolute atomic E-state index is 10.6. The number of hydrogen-bond acceptors (Lipinski definition) is 4. The summed E-state index contributed by atoms with van der Waals surface area (Å²) in [7, 11) is 0. The number of aromatic nitrogens is 1. The Morgan fingerprint density at radius 3 is 3.00 bits per heavy atom. The third-order valence-corrected chi connectivity index (χ3v) is 3.25. The van der Waals surface area contributed by atoms with Gasteiger partial charge >= 0.3 is 6.09 Å². The van der Waals surface area contributed by atoms with Crippen LogP contribution in [0.2, 0.25) is 0 Å². The second kappa shape index (κ2) is 6.05. The number of carbonyl (C=O) groups is 1. The Bertz CT molecular complexity index is 498. The lowest BCUT2D eigenvalue weighted by molar-refractivity contribution is 0.185. The van der Waals surface area contributed by atoms with E-state index in [-0.39, 0.29) is 12.1 Å². The van der Waals surface area contributed by atoms with Gasteiger partial charge in [0, 0.05) is 24.0 Å². The van der Waals surface area contributed by atoms with E-state index in [1.54, 1.807) is 12.3 Å². The van der Waals surface area contributed by atoms with E-state index in [0.717, 1.165) is 31.4 Å². The Morgan fingerprint density at radius 2 is 2.26 bits per heavy atom. The summed E-state index contributed by atoms with van der Waals surface area (Å²) in [5.74, 6) is 0. The zero-order chi connectivity index (χ0) is 13.7. The second-order valence-corrected chi connectivity index (χ2v) is 4.70. The fourth-order valence-corrected chi connectivity index (χ4v) is 2.44. The number of hydrogen-bond donors (Lipinski definition) is 3. The van der Waals surface area contributed by atoms with Gasteiger partial charge in [-0.2, -0.15) is 5.26 Å². The predicted molar refractivity (Wildman–Crippen MR) is 69.8 cm³/mol. The summed E-state index contributed by atoms with van der Waals surface area (Å²) in [6, 6.07) is 5.74. The van der Waals surface area contributed by atoms with Crippen LogP contribution in [0.3, 0.4) is 0 Å². The zero-order valence-electron chi connectivity index (χ0n) is 10.5. The van der Waals surface area contributed by atoms with Crippen LogP contribution >= 0.6 is 0 Å². The first-order chi connectivity index (χ1) is 9.17. The van der Waals surface area contributed by atoms with Crippen LogP contribution in [0, 0.1) is 11.3 Å². The molecular formula is C13H16N4O2. The summed E-state index contributed by atoms with van der Waals surface area (Å²) in [4.78, 5) is 14.6. The fraction of sp³-hybridized carbons (Fsp3) is 0.462. The van der Waals surface area contributed by atoms with Crippen molar-refractivity contribution in [2.75, 3.05) is 5.32 Å². The molecule has 0 saturated heterocycles. The van der Waals surface area contributed by atoms with Crippen molar-refractivity contribution in [3.8, 4) is 6.07 Å². The average molecular weight is 260 g/mol. The highest BCUT2D eigenvalue weighted by atomic mass is 16.4. The van der Waals surface area contributed by atoms with Crippen LogP contribution in [-0.2, 0) is 0 Å². The van der Waals surface area contributed by atoms with Crippen molar-refractivity contribution in [2.45, 2.75) is 37.8 Å². The van der Waals surface area contributed by atoms with Gasteiger partial charge in [-0.1, -0.05) is 0 Å². The molecule has 1 aliphatic carbocycles. The maximum atomic E-state index is 10.6. The molecule has 0 spiro atoms. The van der Waals surface area contributed by atoms with Gasteiger partial charge in [0.05, 0.1) is 0 Å². The summed E-state index contributed by atoms with van der Waals surface area (Å²) >= 11 is 0. The number of nitrogens with zero attached hydrogens (tertiary/aromatic N) is 2. The van der Waals surface area contributed by atoms with E-state index in [2.05, 4.69) is 15.6 Å². The minimum absolute atomic E-state index is 0.000949. The highest BCUT2D eigenvalue weighted by molar-refractivity contribution is 5.64. The molecule has 1 aromatic rings. The highest BCUT2D eigenvalue weighted by Gasteiger charge is 2.23. The largest absolute Gasteiger partial charge is 0.465 e. The zero-order valence-corrected chi connectivity index (χ0v) is 10.5. The van der Waals surface area contributed by atoms with Gasteiger partial charge in [0.1, 0.15) is 11.8 Å². The lowest BCUT2D eigenvalue weighted by atomic mass is 9.91. The van der Waals surface area contributed by atoms with Gasteiger partial charge < -0.3 is 15.7 Å². The van der Waals surface area contributed by atoms with Crippen molar-refractivity contribution in [1.29, 1.82) is 5.26 Å². The Hall–Kier alpha value is -2.29. The Labute approximate surface area is 111 Å². The Balaban J connectivity index is 1.95. The molecule has 1 saturated carbocycles. The monoisotopic (exact) mass is 260 g/mol. The number of nitrogens with one attached hydrogen (secondary N) is 2. The number of amides is 1. The molecule has 19 heavy (non-hydrogen) atoms. The molecule has 1 heterocycles. The molecule has 1 aromatic heterocycles. The lowest BCUT2D eigenvalue weighted by Crippen LogP contribution is -2.41.